The largest absolute Gasteiger partial charge is 0.509 e. The Morgan fingerprint density at radius 3 is 2.84 bits per heavy atom. The number of aliphatic hydroxyl groups is 1. The number of hydrogen-bond acceptors (Lipinski definition) is 3. The topological polar surface area (TPSA) is 73.4 Å². The number of hydrogen-bond donors (Lipinski definition) is 2. The molecule has 3 aliphatic rings. The minimum atomic E-state index is -0.446. The normalized spacial score (nSPS) is 29.3. The van der Waals surface area contributed by atoms with Gasteiger partial charge in [-0.2, -0.15) is 0 Å². The van der Waals surface area contributed by atoms with Crippen molar-refractivity contribution in [2.75, 3.05) is 0 Å². The lowest BCUT2D eigenvalue weighted by Crippen LogP contribution is -2.47. The lowest BCUT2D eigenvalue weighted by Gasteiger charge is -2.37. The van der Waals surface area contributed by atoms with Crippen LogP contribution in [0.3, 0.4) is 0 Å². The van der Waals surface area contributed by atoms with Crippen LogP contribution in [0.4, 0.5) is 0 Å². The lowest BCUT2D eigenvalue weighted by molar-refractivity contribution is -0.132. The average Bonchev–Trinajstić information content (AvgIpc) is 3.14. The second-order valence-corrected chi connectivity index (χ2v) is 8.01. The Bertz CT molecular complexity index is 998. The van der Waals surface area contributed by atoms with Crippen molar-refractivity contribution in [1.29, 1.82) is 0 Å². The number of aromatic amines is 1. The number of nitrogens with zero attached hydrogens (tertiary/aromatic N) is 1. The van der Waals surface area contributed by atoms with Crippen molar-refractivity contribution in [3.8, 4) is 0 Å². The number of nitrogens with one attached hydrogen (secondary N) is 1. The summed E-state index contributed by atoms with van der Waals surface area (Å²) >= 11 is 0. The number of Topliss-reactive ketones (excluding diaryl/α,β-unsaturated/α-hetero) is 1. The molecule has 0 saturated carbocycles. The third-order valence-electron chi connectivity index (χ3n) is 6.52. The highest BCUT2D eigenvalue weighted by atomic mass is 16.4. The zero-order valence-electron chi connectivity index (χ0n) is 14.5. The van der Waals surface area contributed by atoms with Gasteiger partial charge in [-0.05, 0) is 50.3 Å². The molecule has 1 aliphatic carbocycles. The molecule has 25 heavy (non-hydrogen) atoms. The molecule has 128 valence electrons. The summed E-state index contributed by atoms with van der Waals surface area (Å²) in [7, 11) is 0. The maximum atomic E-state index is 12.9. The van der Waals surface area contributed by atoms with E-state index in [1.807, 2.05) is 6.20 Å². The fraction of sp³-hybridized carbons (Fsp3) is 0.400. The summed E-state index contributed by atoms with van der Waals surface area (Å²) in [6, 6.07) is 5.81. The number of H-pyrrole nitrogens is 1. The number of rotatable bonds is 1. The zero-order valence-corrected chi connectivity index (χ0v) is 14.5. The van der Waals surface area contributed by atoms with Gasteiger partial charge in [0.15, 0.2) is 5.78 Å². The molecule has 1 aromatic heterocycles. The van der Waals surface area contributed by atoms with E-state index in [0.29, 0.717) is 0 Å². The summed E-state index contributed by atoms with van der Waals surface area (Å²) in [5.41, 5.74) is 3.04. The monoisotopic (exact) mass is 356 g/mol. The van der Waals surface area contributed by atoms with E-state index < -0.39 is 11.6 Å². The minimum absolute atomic E-state index is 0.000509. The number of carbonyl (C=O) groups excluding carboxylic acids is 2. The molecule has 3 heterocycles. The number of aromatic nitrogens is 1. The van der Waals surface area contributed by atoms with Crippen LogP contribution >= 0.6 is 0 Å². The zero-order chi connectivity index (χ0) is 17.7. The summed E-state index contributed by atoms with van der Waals surface area (Å²) in [4.78, 5) is 29.9. The summed E-state index contributed by atoms with van der Waals surface area (Å²) in [5, 5.41) is 12.0. The van der Waals surface area contributed by atoms with Gasteiger partial charge in [0.05, 0.1) is 6.04 Å². The molecule has 5 heteroatoms. The van der Waals surface area contributed by atoms with Gasteiger partial charge >= 0.3 is 0 Å². The Balaban J connectivity index is 1.78. The third kappa shape index (κ3) is 1.54. The summed E-state index contributed by atoms with van der Waals surface area (Å²) < 4.78 is 0. The number of fused-ring (bicyclic) bond motifs is 4. The molecule has 1 saturated heterocycles. The second kappa shape index (κ2) is 4.34. The van der Waals surface area contributed by atoms with Crippen molar-refractivity contribution in [3.63, 3.8) is 0 Å². The van der Waals surface area contributed by atoms with Gasteiger partial charge in [-0.3, -0.25) is 9.59 Å². The van der Waals surface area contributed by atoms with Gasteiger partial charge in [-0.15, -0.1) is 0 Å². The van der Waals surface area contributed by atoms with Crippen LogP contribution in [-0.4, -0.2) is 38.3 Å². The lowest BCUT2D eigenvalue weighted by atomic mass is 10.7. The molecule has 2 aliphatic heterocycles. The first-order chi connectivity index (χ1) is 11.8. The fourth-order valence-electron chi connectivity index (χ4n) is 5.47. The predicted molar refractivity (Wildman–Crippen MR) is 93.3 cm³/mol. The van der Waals surface area contributed by atoms with Crippen LogP contribution in [0.1, 0.15) is 37.8 Å². The van der Waals surface area contributed by atoms with Gasteiger partial charge in [0, 0.05) is 28.6 Å². The number of carbonyl (C=O) groups is 2. The van der Waals surface area contributed by atoms with Crippen molar-refractivity contribution in [1.82, 2.24) is 9.88 Å². The molecule has 1 aromatic carbocycles. The van der Waals surface area contributed by atoms with Crippen LogP contribution in [0.25, 0.3) is 10.9 Å². The Morgan fingerprint density at radius 2 is 2.12 bits per heavy atom. The van der Waals surface area contributed by atoms with Gasteiger partial charge < -0.3 is 15.0 Å². The van der Waals surface area contributed by atoms with Gasteiger partial charge in [-0.25, -0.2) is 0 Å². The molecule has 5 nitrogen and oxygen atoms in total. The highest BCUT2D eigenvalue weighted by Gasteiger charge is 2.63. The van der Waals surface area contributed by atoms with Gasteiger partial charge in [-0.1, -0.05) is 12.1 Å². The molecule has 5 rings (SSSR count). The summed E-state index contributed by atoms with van der Waals surface area (Å²) in [6.45, 7) is 5.45. The number of ketones is 1. The number of aliphatic hydroxyl groups excluding tert-OH is 1. The molecule has 1 amide bonds. The van der Waals surface area contributed by atoms with E-state index >= 15 is 0 Å². The van der Waals surface area contributed by atoms with Crippen LogP contribution in [-0.2, 0) is 16.0 Å². The first-order valence-electron chi connectivity index (χ1n) is 8.70. The van der Waals surface area contributed by atoms with E-state index in [0.717, 1.165) is 17.5 Å². The number of benzene rings is 1. The summed E-state index contributed by atoms with van der Waals surface area (Å²) in [5.74, 6) is -0.540. The van der Waals surface area contributed by atoms with Crippen LogP contribution in [0.2, 0.25) is 0 Å². The van der Waals surface area contributed by atoms with Gasteiger partial charge in [0.25, 0.3) is 5.91 Å². The van der Waals surface area contributed by atoms with Crippen LogP contribution in [0, 0.1) is 5.92 Å². The molecule has 3 atom stereocenters. The van der Waals surface area contributed by atoms with E-state index in [9.17, 15) is 14.7 Å². The van der Waals surface area contributed by atoms with Crippen molar-refractivity contribution in [2.24, 2.45) is 5.92 Å². The van der Waals surface area contributed by atoms with Crippen molar-refractivity contribution < 1.29 is 14.7 Å². The highest BCUT2D eigenvalue weighted by Crippen LogP contribution is 2.58. The first-order valence-corrected chi connectivity index (χ1v) is 8.70. The van der Waals surface area contributed by atoms with E-state index in [2.05, 4.69) is 37.0 Å². The molecule has 1 fully saturated rings. The standard InChI is InChI=1S/C20H20N2O3/c1-9(23)14-18(24)17-16-11-8-21-13-6-4-5-10(15(11)13)7-12(16)20(2,3)22(17)19(14)25/h4-6,8,12,16-17,21,24H,7H2,1-3H3/t12-,16+,17+/m1/s1/i1+1,2+1,3+1,4+1,5+1,6+1,7+1,8+1,9+1,10+1,11+1,12+1,13+1,14+1,15+1,16+1,17+1,18+1,19+1,20+1. The van der Waals surface area contributed by atoms with E-state index in [1.54, 1.807) is 4.90 Å². The summed E-state index contributed by atoms with van der Waals surface area (Å²) in [6.07, 6.45) is 2.87. The molecule has 2 N–H and O–H groups in total. The Kier molecular flexibility index (Phi) is 2.56. The SMILES string of the molecule is [13CH3][13C](=O)[13C]1=[13C](O)[13C@@H]2[13C@H]3[13c]4[13cH][nH][13c]5[13cH][13cH][13cH][13c]([13c]45)[13CH2][13C@H]3[13C]([13CH3])([13CH3])N2[13C]1=O. The van der Waals surface area contributed by atoms with Gasteiger partial charge in [0.2, 0.25) is 0 Å². The van der Waals surface area contributed by atoms with E-state index in [-0.39, 0.29) is 34.9 Å². The number of amides is 1. The molecule has 2 aromatic rings. The minimum Gasteiger partial charge on any atom is -0.509 e. The predicted octanol–water partition coefficient (Wildman–Crippen LogP) is 2.83. The maximum Gasteiger partial charge on any atom is 0.262 e. The van der Waals surface area contributed by atoms with Crippen LogP contribution in [0.15, 0.2) is 35.7 Å². The Morgan fingerprint density at radius 1 is 1.36 bits per heavy atom. The Hall–Kier alpha value is -2.56. The molecule has 0 bridgehead atoms. The molecular formula is C20H20N2O3. The molecule has 0 unspecified atom stereocenters. The molecule has 0 radical (unpaired) electrons. The quantitative estimate of drug-likeness (QED) is 0.610. The fourth-order valence-corrected chi connectivity index (χ4v) is 5.47. The van der Waals surface area contributed by atoms with E-state index in [1.165, 1.54) is 17.9 Å². The Labute approximate surface area is 145 Å². The second-order valence-electron chi connectivity index (χ2n) is 8.01. The van der Waals surface area contributed by atoms with Crippen molar-refractivity contribution >= 4 is 22.6 Å². The van der Waals surface area contributed by atoms with Crippen LogP contribution < -0.4 is 0 Å². The highest BCUT2D eigenvalue weighted by molar-refractivity contribution is 6.21. The maximum absolute atomic E-state index is 12.9. The van der Waals surface area contributed by atoms with Crippen LogP contribution in [0.5, 0.6) is 0 Å². The average molecular weight is 356 g/mol. The van der Waals surface area contributed by atoms with Gasteiger partial charge in [0.1, 0.15) is 11.3 Å². The van der Waals surface area contributed by atoms with Crippen molar-refractivity contribution in [3.05, 3.63) is 46.9 Å². The first kappa shape index (κ1) is 14.8. The molecular weight excluding hydrogens is 336 g/mol. The smallest absolute Gasteiger partial charge is 0.262 e. The van der Waals surface area contributed by atoms with E-state index in [4.69, 9.17) is 0 Å². The molecule has 0 spiro atoms. The third-order valence-corrected chi connectivity index (χ3v) is 6.52. The van der Waals surface area contributed by atoms with Crippen molar-refractivity contribution in [2.45, 2.75) is 44.7 Å².